The number of halogens is 1. The van der Waals surface area contributed by atoms with Crippen LogP contribution in [0.2, 0.25) is 0 Å². The van der Waals surface area contributed by atoms with Crippen LogP contribution in [-0.4, -0.2) is 17.3 Å². The molecule has 2 N–H and O–H groups in total. The van der Waals surface area contributed by atoms with E-state index in [1.807, 2.05) is 12.1 Å². The summed E-state index contributed by atoms with van der Waals surface area (Å²) in [6.45, 7) is 4.71. The SMILES string of the molecule is CC(C)(O)CNCc1ccc(Br)o1. The van der Waals surface area contributed by atoms with E-state index in [4.69, 9.17) is 4.42 Å². The minimum absolute atomic E-state index is 0.547. The van der Waals surface area contributed by atoms with Gasteiger partial charge in [-0.15, -0.1) is 0 Å². The Morgan fingerprint density at radius 3 is 2.69 bits per heavy atom. The third-order valence-corrected chi connectivity index (χ3v) is 1.91. The van der Waals surface area contributed by atoms with Crippen molar-refractivity contribution in [3.8, 4) is 0 Å². The van der Waals surface area contributed by atoms with E-state index < -0.39 is 5.60 Å². The van der Waals surface area contributed by atoms with Gasteiger partial charge in [-0.05, 0) is 41.9 Å². The predicted molar refractivity (Wildman–Crippen MR) is 54.4 cm³/mol. The van der Waals surface area contributed by atoms with Gasteiger partial charge in [-0.3, -0.25) is 0 Å². The molecular formula is C9H14BrNO2. The van der Waals surface area contributed by atoms with Crippen molar-refractivity contribution in [3.05, 3.63) is 22.6 Å². The molecular weight excluding hydrogens is 234 g/mol. The molecule has 13 heavy (non-hydrogen) atoms. The molecule has 0 radical (unpaired) electrons. The Balaban J connectivity index is 2.28. The van der Waals surface area contributed by atoms with Gasteiger partial charge in [0.1, 0.15) is 5.76 Å². The molecule has 0 unspecified atom stereocenters. The summed E-state index contributed by atoms with van der Waals surface area (Å²) < 4.78 is 6.00. The summed E-state index contributed by atoms with van der Waals surface area (Å²) >= 11 is 3.22. The number of rotatable bonds is 4. The van der Waals surface area contributed by atoms with E-state index in [-0.39, 0.29) is 0 Å². The Hall–Kier alpha value is -0.320. The monoisotopic (exact) mass is 247 g/mol. The van der Waals surface area contributed by atoms with Gasteiger partial charge in [-0.2, -0.15) is 0 Å². The molecule has 0 saturated carbocycles. The maximum absolute atomic E-state index is 9.40. The fourth-order valence-electron chi connectivity index (χ4n) is 0.938. The minimum atomic E-state index is -0.677. The first-order chi connectivity index (χ1) is 5.97. The lowest BCUT2D eigenvalue weighted by Gasteiger charge is -2.16. The number of furan rings is 1. The van der Waals surface area contributed by atoms with E-state index in [1.54, 1.807) is 13.8 Å². The molecule has 0 aliphatic rings. The topological polar surface area (TPSA) is 45.4 Å². The first-order valence-corrected chi connectivity index (χ1v) is 4.94. The lowest BCUT2D eigenvalue weighted by molar-refractivity contribution is 0.0790. The van der Waals surface area contributed by atoms with Crippen LogP contribution in [0, 0.1) is 0 Å². The van der Waals surface area contributed by atoms with Crippen LogP contribution < -0.4 is 5.32 Å². The molecule has 0 amide bonds. The Morgan fingerprint density at radius 2 is 2.23 bits per heavy atom. The van der Waals surface area contributed by atoms with Gasteiger partial charge in [0.2, 0.25) is 0 Å². The van der Waals surface area contributed by atoms with Crippen LogP contribution in [0.15, 0.2) is 21.2 Å². The van der Waals surface area contributed by atoms with Crippen LogP contribution in [-0.2, 0) is 6.54 Å². The fourth-order valence-corrected chi connectivity index (χ4v) is 1.28. The van der Waals surface area contributed by atoms with Crippen LogP contribution in [0.3, 0.4) is 0 Å². The highest BCUT2D eigenvalue weighted by atomic mass is 79.9. The largest absolute Gasteiger partial charge is 0.453 e. The van der Waals surface area contributed by atoms with Gasteiger partial charge in [-0.25, -0.2) is 0 Å². The third-order valence-electron chi connectivity index (χ3n) is 1.49. The van der Waals surface area contributed by atoms with Crippen LogP contribution >= 0.6 is 15.9 Å². The number of nitrogens with one attached hydrogen (secondary N) is 1. The van der Waals surface area contributed by atoms with Crippen LogP contribution in [0.5, 0.6) is 0 Å². The van der Waals surface area contributed by atoms with Crippen molar-refractivity contribution in [2.45, 2.75) is 26.0 Å². The van der Waals surface area contributed by atoms with Crippen molar-refractivity contribution < 1.29 is 9.52 Å². The second-order valence-corrected chi connectivity index (χ2v) is 4.40. The second kappa shape index (κ2) is 4.26. The normalized spacial score (nSPS) is 12.0. The van der Waals surface area contributed by atoms with Gasteiger partial charge in [-0.1, -0.05) is 0 Å². The Morgan fingerprint density at radius 1 is 1.54 bits per heavy atom. The number of hydrogen-bond acceptors (Lipinski definition) is 3. The molecule has 1 heterocycles. The van der Waals surface area contributed by atoms with E-state index in [0.717, 1.165) is 10.4 Å². The summed E-state index contributed by atoms with van der Waals surface area (Å²) in [7, 11) is 0. The third kappa shape index (κ3) is 4.45. The Bertz CT molecular complexity index is 265. The van der Waals surface area contributed by atoms with Crippen LogP contribution in [0.4, 0.5) is 0 Å². The maximum atomic E-state index is 9.40. The molecule has 3 nitrogen and oxygen atoms in total. The zero-order chi connectivity index (χ0) is 9.90. The second-order valence-electron chi connectivity index (χ2n) is 3.62. The summed E-state index contributed by atoms with van der Waals surface area (Å²) in [5, 5.41) is 12.5. The summed E-state index contributed by atoms with van der Waals surface area (Å²) in [5.41, 5.74) is -0.677. The molecule has 4 heteroatoms. The summed E-state index contributed by atoms with van der Waals surface area (Å²) in [6, 6.07) is 3.74. The van der Waals surface area contributed by atoms with E-state index in [0.29, 0.717) is 13.1 Å². The van der Waals surface area contributed by atoms with Crippen molar-refractivity contribution >= 4 is 15.9 Å². The molecule has 0 aliphatic heterocycles. The average molecular weight is 248 g/mol. The zero-order valence-electron chi connectivity index (χ0n) is 7.80. The van der Waals surface area contributed by atoms with Crippen LogP contribution in [0.25, 0.3) is 0 Å². The molecule has 0 saturated heterocycles. The quantitative estimate of drug-likeness (QED) is 0.855. The summed E-state index contributed by atoms with van der Waals surface area (Å²) in [4.78, 5) is 0. The molecule has 0 aliphatic carbocycles. The van der Waals surface area contributed by atoms with Gasteiger partial charge in [0.25, 0.3) is 0 Å². The molecule has 0 bridgehead atoms. The highest BCUT2D eigenvalue weighted by Gasteiger charge is 2.11. The lowest BCUT2D eigenvalue weighted by Crippen LogP contribution is -2.34. The highest BCUT2D eigenvalue weighted by Crippen LogP contribution is 2.13. The molecule has 0 aromatic carbocycles. The highest BCUT2D eigenvalue weighted by molar-refractivity contribution is 9.10. The maximum Gasteiger partial charge on any atom is 0.169 e. The van der Waals surface area contributed by atoms with E-state index >= 15 is 0 Å². The van der Waals surface area contributed by atoms with Crippen molar-refractivity contribution in [2.24, 2.45) is 0 Å². The van der Waals surface area contributed by atoms with E-state index in [2.05, 4.69) is 21.2 Å². The van der Waals surface area contributed by atoms with Gasteiger partial charge in [0.05, 0.1) is 12.1 Å². The molecule has 1 rings (SSSR count). The summed E-state index contributed by atoms with van der Waals surface area (Å²) in [6.07, 6.45) is 0. The standard InChI is InChI=1S/C9H14BrNO2/c1-9(2,12)6-11-5-7-3-4-8(10)13-7/h3-4,11-12H,5-6H2,1-2H3. The number of hydrogen-bond donors (Lipinski definition) is 2. The fraction of sp³-hybridized carbons (Fsp3) is 0.556. The van der Waals surface area contributed by atoms with Crippen molar-refractivity contribution in [1.82, 2.24) is 5.32 Å². The van der Waals surface area contributed by atoms with Gasteiger partial charge in [0.15, 0.2) is 4.67 Å². The summed E-state index contributed by atoms with van der Waals surface area (Å²) in [5.74, 6) is 0.858. The number of aliphatic hydroxyl groups is 1. The Labute approximate surface area is 86.3 Å². The first kappa shape index (κ1) is 10.8. The van der Waals surface area contributed by atoms with Gasteiger partial charge >= 0.3 is 0 Å². The van der Waals surface area contributed by atoms with Gasteiger partial charge in [0, 0.05) is 6.54 Å². The first-order valence-electron chi connectivity index (χ1n) is 4.15. The van der Waals surface area contributed by atoms with E-state index in [9.17, 15) is 5.11 Å². The lowest BCUT2D eigenvalue weighted by atomic mass is 10.1. The smallest absolute Gasteiger partial charge is 0.169 e. The minimum Gasteiger partial charge on any atom is -0.453 e. The van der Waals surface area contributed by atoms with Crippen molar-refractivity contribution in [2.75, 3.05) is 6.54 Å². The molecule has 0 atom stereocenters. The van der Waals surface area contributed by atoms with Gasteiger partial charge < -0.3 is 14.8 Å². The molecule has 0 spiro atoms. The molecule has 0 fully saturated rings. The zero-order valence-corrected chi connectivity index (χ0v) is 9.39. The van der Waals surface area contributed by atoms with Crippen molar-refractivity contribution in [3.63, 3.8) is 0 Å². The predicted octanol–water partition coefficient (Wildman–Crippen LogP) is 1.90. The molecule has 1 aromatic rings. The average Bonchev–Trinajstić information content (AvgIpc) is 2.33. The molecule has 1 aromatic heterocycles. The van der Waals surface area contributed by atoms with Crippen molar-refractivity contribution in [1.29, 1.82) is 0 Å². The van der Waals surface area contributed by atoms with Crippen LogP contribution in [0.1, 0.15) is 19.6 Å². The Kier molecular flexibility index (Phi) is 3.53. The van der Waals surface area contributed by atoms with E-state index in [1.165, 1.54) is 0 Å². The molecule has 74 valence electrons.